The Labute approximate surface area is 109 Å². The molecule has 1 aliphatic heterocycles. The first kappa shape index (κ1) is 13.3. The number of ketones is 1. The topological polar surface area (TPSA) is 53.5 Å². The summed E-state index contributed by atoms with van der Waals surface area (Å²) in [7, 11) is 0. The molecule has 0 aromatic carbocycles. The van der Waals surface area contributed by atoms with E-state index in [1.165, 1.54) is 25.7 Å². The van der Waals surface area contributed by atoms with E-state index in [2.05, 4.69) is 29.5 Å². The van der Waals surface area contributed by atoms with Crippen LogP contribution in [0.1, 0.15) is 39.5 Å². The van der Waals surface area contributed by atoms with Gasteiger partial charge in [-0.25, -0.2) is 0 Å². The summed E-state index contributed by atoms with van der Waals surface area (Å²) in [4.78, 5) is 16.3. The zero-order valence-corrected chi connectivity index (χ0v) is 11.3. The van der Waals surface area contributed by atoms with E-state index >= 15 is 0 Å². The fourth-order valence-corrected chi connectivity index (χ4v) is 2.46. The molecule has 18 heavy (non-hydrogen) atoms. The zero-order chi connectivity index (χ0) is 13.0. The lowest BCUT2D eigenvalue weighted by Gasteiger charge is -2.10. The van der Waals surface area contributed by atoms with Gasteiger partial charge in [0.25, 0.3) is 0 Å². The van der Waals surface area contributed by atoms with Crippen molar-refractivity contribution in [3.63, 3.8) is 0 Å². The van der Waals surface area contributed by atoms with Crippen molar-refractivity contribution in [1.29, 1.82) is 0 Å². The number of rotatable bonds is 5. The van der Waals surface area contributed by atoms with Crippen molar-refractivity contribution in [3.05, 3.63) is 11.6 Å². The van der Waals surface area contributed by atoms with Gasteiger partial charge < -0.3 is 10.6 Å². The van der Waals surface area contributed by atoms with Crippen molar-refractivity contribution in [1.82, 2.24) is 10.6 Å². The smallest absolute Gasteiger partial charge is 0.174 e. The van der Waals surface area contributed by atoms with Gasteiger partial charge in [0.05, 0.1) is 13.1 Å². The quantitative estimate of drug-likeness (QED) is 0.775. The Hall–Kier alpha value is -1.16. The lowest BCUT2D eigenvalue weighted by atomic mass is 10.1. The van der Waals surface area contributed by atoms with Crippen LogP contribution in [0.2, 0.25) is 0 Å². The monoisotopic (exact) mass is 249 g/mol. The minimum absolute atomic E-state index is 0.186. The lowest BCUT2D eigenvalue weighted by molar-refractivity contribution is -0.114. The molecule has 2 N–H and O–H groups in total. The van der Waals surface area contributed by atoms with Crippen LogP contribution in [-0.4, -0.2) is 36.8 Å². The first-order valence-corrected chi connectivity index (χ1v) is 6.93. The van der Waals surface area contributed by atoms with Crippen molar-refractivity contribution in [3.8, 4) is 0 Å². The van der Waals surface area contributed by atoms with Gasteiger partial charge in [0.15, 0.2) is 5.78 Å². The SMILES string of the molecule is CC(C)NC1=NCC(C(=O)CNC2CCCC2)=C1. The number of nitrogens with zero attached hydrogens (tertiary/aromatic N) is 1. The zero-order valence-electron chi connectivity index (χ0n) is 11.3. The number of nitrogens with one attached hydrogen (secondary N) is 2. The second-order valence-electron chi connectivity index (χ2n) is 5.46. The lowest BCUT2D eigenvalue weighted by Crippen LogP contribution is -2.32. The average Bonchev–Trinajstić information content (AvgIpc) is 2.95. The summed E-state index contributed by atoms with van der Waals surface area (Å²) >= 11 is 0. The standard InChI is InChI=1S/C14H23N3O/c1-10(2)17-14-7-11(8-16-14)13(18)9-15-12-5-3-4-6-12/h7,10,12,15H,3-6,8-9H2,1-2H3,(H,16,17). The van der Waals surface area contributed by atoms with Gasteiger partial charge in [-0.1, -0.05) is 12.8 Å². The molecule has 2 rings (SSSR count). The van der Waals surface area contributed by atoms with E-state index in [1.54, 1.807) is 0 Å². The number of hydrogen-bond acceptors (Lipinski definition) is 4. The van der Waals surface area contributed by atoms with Gasteiger partial charge in [0, 0.05) is 17.7 Å². The summed E-state index contributed by atoms with van der Waals surface area (Å²) < 4.78 is 0. The largest absolute Gasteiger partial charge is 0.368 e. The maximum Gasteiger partial charge on any atom is 0.174 e. The molecule has 0 spiro atoms. The Morgan fingerprint density at radius 3 is 2.83 bits per heavy atom. The third-order valence-electron chi connectivity index (χ3n) is 3.43. The molecule has 1 fully saturated rings. The molecular formula is C14H23N3O. The van der Waals surface area contributed by atoms with Crippen LogP contribution in [0.25, 0.3) is 0 Å². The van der Waals surface area contributed by atoms with Crippen molar-refractivity contribution >= 4 is 11.6 Å². The van der Waals surface area contributed by atoms with E-state index in [-0.39, 0.29) is 5.78 Å². The third-order valence-corrected chi connectivity index (χ3v) is 3.43. The summed E-state index contributed by atoms with van der Waals surface area (Å²) in [5, 5.41) is 6.58. The second-order valence-corrected chi connectivity index (χ2v) is 5.46. The first-order chi connectivity index (χ1) is 8.65. The number of carbonyl (C=O) groups is 1. The summed E-state index contributed by atoms with van der Waals surface area (Å²) in [6.45, 7) is 5.12. The molecule has 2 aliphatic rings. The van der Waals surface area contributed by atoms with Crippen molar-refractivity contribution in [2.75, 3.05) is 13.1 Å². The highest BCUT2D eigenvalue weighted by atomic mass is 16.1. The highest BCUT2D eigenvalue weighted by Gasteiger charge is 2.19. The van der Waals surface area contributed by atoms with Gasteiger partial charge in [-0.05, 0) is 32.8 Å². The van der Waals surface area contributed by atoms with Crippen LogP contribution in [0.5, 0.6) is 0 Å². The van der Waals surface area contributed by atoms with Crippen molar-refractivity contribution in [2.24, 2.45) is 4.99 Å². The Bertz CT molecular complexity index is 365. The molecule has 1 saturated carbocycles. The van der Waals surface area contributed by atoms with Crippen LogP contribution in [0, 0.1) is 0 Å². The van der Waals surface area contributed by atoms with Gasteiger partial charge in [-0.3, -0.25) is 9.79 Å². The maximum absolute atomic E-state index is 12.0. The van der Waals surface area contributed by atoms with E-state index in [0.717, 1.165) is 11.4 Å². The number of aliphatic imine (C=N–C) groups is 1. The summed E-state index contributed by atoms with van der Waals surface area (Å²) in [6, 6.07) is 0.899. The van der Waals surface area contributed by atoms with Gasteiger partial charge in [-0.15, -0.1) is 0 Å². The van der Waals surface area contributed by atoms with E-state index < -0.39 is 0 Å². The molecule has 0 unspecified atom stereocenters. The molecule has 0 saturated heterocycles. The molecule has 0 radical (unpaired) electrons. The number of Topliss-reactive ketones (excluding diaryl/α,β-unsaturated/α-hetero) is 1. The number of carbonyl (C=O) groups excluding carboxylic acids is 1. The predicted octanol–water partition coefficient (Wildman–Crippen LogP) is 1.42. The van der Waals surface area contributed by atoms with Gasteiger partial charge in [0.2, 0.25) is 0 Å². The van der Waals surface area contributed by atoms with Crippen LogP contribution < -0.4 is 10.6 Å². The van der Waals surface area contributed by atoms with E-state index in [1.807, 2.05) is 6.08 Å². The predicted molar refractivity (Wildman–Crippen MR) is 73.9 cm³/mol. The summed E-state index contributed by atoms with van der Waals surface area (Å²) in [5.74, 6) is 1.03. The van der Waals surface area contributed by atoms with Crippen LogP contribution in [-0.2, 0) is 4.79 Å². The Kier molecular flexibility index (Phi) is 4.53. The van der Waals surface area contributed by atoms with Crippen molar-refractivity contribution in [2.45, 2.75) is 51.6 Å². The molecule has 4 nitrogen and oxygen atoms in total. The van der Waals surface area contributed by atoms with E-state index in [4.69, 9.17) is 0 Å². The normalized spacial score (nSPS) is 20.2. The summed E-state index contributed by atoms with van der Waals surface area (Å²) in [6.07, 6.45) is 6.89. The molecule has 0 amide bonds. The molecule has 0 aromatic heterocycles. The molecule has 1 aliphatic carbocycles. The molecule has 0 bridgehead atoms. The number of amidine groups is 1. The van der Waals surface area contributed by atoms with Gasteiger partial charge in [-0.2, -0.15) is 0 Å². The number of hydrogen-bond donors (Lipinski definition) is 2. The third kappa shape index (κ3) is 3.67. The minimum atomic E-state index is 0.186. The Balaban J connectivity index is 1.76. The Morgan fingerprint density at radius 1 is 1.44 bits per heavy atom. The Morgan fingerprint density at radius 2 is 2.17 bits per heavy atom. The van der Waals surface area contributed by atoms with Crippen molar-refractivity contribution < 1.29 is 4.79 Å². The molecular weight excluding hydrogens is 226 g/mol. The fourth-order valence-electron chi connectivity index (χ4n) is 2.46. The molecule has 4 heteroatoms. The highest BCUT2D eigenvalue weighted by molar-refractivity contribution is 6.07. The van der Waals surface area contributed by atoms with Crippen LogP contribution in [0.15, 0.2) is 16.6 Å². The molecule has 1 heterocycles. The minimum Gasteiger partial charge on any atom is -0.368 e. The maximum atomic E-state index is 12.0. The first-order valence-electron chi connectivity index (χ1n) is 6.93. The van der Waals surface area contributed by atoms with E-state index in [0.29, 0.717) is 25.2 Å². The average molecular weight is 249 g/mol. The van der Waals surface area contributed by atoms with Crippen LogP contribution >= 0.6 is 0 Å². The highest BCUT2D eigenvalue weighted by Crippen LogP contribution is 2.17. The van der Waals surface area contributed by atoms with Crippen LogP contribution in [0.4, 0.5) is 0 Å². The molecule has 0 aromatic rings. The molecule has 0 atom stereocenters. The van der Waals surface area contributed by atoms with Gasteiger partial charge in [0.1, 0.15) is 5.84 Å². The van der Waals surface area contributed by atoms with E-state index in [9.17, 15) is 4.79 Å². The second kappa shape index (κ2) is 6.14. The fraction of sp³-hybridized carbons (Fsp3) is 0.714. The molecule has 100 valence electrons. The van der Waals surface area contributed by atoms with Gasteiger partial charge >= 0.3 is 0 Å². The van der Waals surface area contributed by atoms with Crippen LogP contribution in [0.3, 0.4) is 0 Å². The summed E-state index contributed by atoms with van der Waals surface area (Å²) in [5.41, 5.74) is 0.823.